The number of para-hydroxylation sites is 2. The van der Waals surface area contributed by atoms with Gasteiger partial charge in [-0.3, -0.25) is 9.98 Å². The average Bonchev–Trinajstić information content (AvgIpc) is 2.88. The molecule has 0 unspecified atom stereocenters. The number of aliphatic imine (C=N–C) groups is 2. The summed E-state index contributed by atoms with van der Waals surface area (Å²) in [6.45, 7) is 22.0. The van der Waals surface area contributed by atoms with Gasteiger partial charge in [-0.1, -0.05) is 97.9 Å². The van der Waals surface area contributed by atoms with Gasteiger partial charge in [0.05, 0.1) is 34.2 Å². The number of hydrogen-bond acceptors (Lipinski definition) is 3. The van der Waals surface area contributed by atoms with Crippen LogP contribution in [0.5, 0.6) is 0 Å². The number of aromatic nitrogens is 1. The summed E-state index contributed by atoms with van der Waals surface area (Å²) >= 11 is 0.00694. The van der Waals surface area contributed by atoms with Gasteiger partial charge in [0.2, 0.25) is 0 Å². The van der Waals surface area contributed by atoms with Gasteiger partial charge in [0, 0.05) is 0 Å². The third-order valence-electron chi connectivity index (χ3n) is 6.73. The Morgan fingerprint density at radius 3 is 1.08 bits per heavy atom. The first-order chi connectivity index (χ1) is 18.4. The molecule has 0 atom stereocenters. The van der Waals surface area contributed by atoms with Crippen molar-refractivity contribution in [2.45, 2.75) is 92.9 Å². The summed E-state index contributed by atoms with van der Waals surface area (Å²) in [6.07, 6.45) is 0. The van der Waals surface area contributed by atoms with Gasteiger partial charge in [0.15, 0.2) is 0 Å². The molecule has 1 aromatic heterocycles. The Hall–Kier alpha value is -1.97. The van der Waals surface area contributed by atoms with Crippen LogP contribution >= 0.6 is 20.2 Å². The number of nitrogens with zero attached hydrogens (tertiary/aromatic N) is 3. The van der Waals surface area contributed by atoms with Crippen LogP contribution in [0.15, 0.2) is 64.6 Å². The average molecular weight is 608 g/mol. The summed E-state index contributed by atoms with van der Waals surface area (Å²) in [5.41, 5.74) is 10.9. The zero-order valence-corrected chi connectivity index (χ0v) is 27.7. The third kappa shape index (κ3) is 9.02. The van der Waals surface area contributed by atoms with Crippen LogP contribution in [-0.4, -0.2) is 16.4 Å². The Labute approximate surface area is 251 Å². The van der Waals surface area contributed by atoms with E-state index in [0.717, 1.165) is 34.2 Å². The van der Waals surface area contributed by atoms with Crippen LogP contribution in [0.2, 0.25) is 0 Å². The fourth-order valence-corrected chi connectivity index (χ4v) is 4.57. The molecule has 0 radical (unpaired) electrons. The van der Waals surface area contributed by atoms with Crippen molar-refractivity contribution in [2.75, 3.05) is 0 Å². The first-order valence-corrected chi connectivity index (χ1v) is 16.9. The summed E-state index contributed by atoms with van der Waals surface area (Å²) in [6, 6.07) is 19.2. The van der Waals surface area contributed by atoms with Crippen LogP contribution in [0.25, 0.3) is 0 Å². The van der Waals surface area contributed by atoms with Crippen molar-refractivity contribution in [3.8, 4) is 0 Å². The van der Waals surface area contributed by atoms with E-state index < -0.39 is 0 Å². The normalized spacial score (nSPS) is 12.4. The molecule has 3 nitrogen and oxygen atoms in total. The van der Waals surface area contributed by atoms with E-state index in [4.69, 9.17) is 35.2 Å². The number of pyridine rings is 1. The molecular weight excluding hydrogens is 564 g/mol. The molecule has 0 amide bonds. The van der Waals surface area contributed by atoms with Crippen LogP contribution in [0.4, 0.5) is 11.4 Å². The van der Waals surface area contributed by atoms with Crippen molar-refractivity contribution in [3.63, 3.8) is 0 Å². The Bertz CT molecular complexity index is 1150. The first-order valence-electron chi connectivity index (χ1n) is 13.6. The van der Waals surface area contributed by atoms with Gasteiger partial charge in [-0.25, -0.2) is 4.98 Å². The molecule has 0 aliphatic heterocycles. The minimum absolute atomic E-state index is 0.00694. The van der Waals surface area contributed by atoms with Gasteiger partial charge in [-0.15, -0.1) is 0 Å². The quantitative estimate of drug-likeness (QED) is 0.185. The van der Waals surface area contributed by atoms with Gasteiger partial charge in [0.1, 0.15) is 0 Å². The maximum atomic E-state index is 5.15. The van der Waals surface area contributed by atoms with Crippen molar-refractivity contribution in [1.29, 1.82) is 0 Å². The van der Waals surface area contributed by atoms with Crippen LogP contribution in [0.1, 0.15) is 127 Å². The van der Waals surface area contributed by atoms with Crippen LogP contribution in [-0.2, 0) is 13.1 Å². The number of hydrogen-bond donors (Lipinski definition) is 0. The van der Waals surface area contributed by atoms with Crippen LogP contribution in [0.3, 0.4) is 0 Å². The van der Waals surface area contributed by atoms with Crippen molar-refractivity contribution in [1.82, 2.24) is 4.98 Å². The van der Waals surface area contributed by atoms with E-state index in [0.29, 0.717) is 23.7 Å². The first kappa shape index (κ1) is 33.2. The van der Waals surface area contributed by atoms with Crippen molar-refractivity contribution >= 4 is 43.0 Å². The summed E-state index contributed by atoms with van der Waals surface area (Å²) in [5.74, 6) is 1.61. The molecule has 2 aromatic carbocycles. The molecule has 211 valence electrons. The molecule has 0 fully saturated rings. The second-order valence-corrected chi connectivity index (χ2v) is 13.0. The molecular formula is C33H43Cl2MnN3. The summed E-state index contributed by atoms with van der Waals surface area (Å²) in [5, 5.41) is 0. The van der Waals surface area contributed by atoms with Crippen molar-refractivity contribution < 1.29 is 13.1 Å². The predicted octanol–water partition coefficient (Wildman–Crippen LogP) is 11.2. The number of benzene rings is 2. The Balaban J connectivity index is 0.00000170. The monoisotopic (exact) mass is 606 g/mol. The van der Waals surface area contributed by atoms with Crippen LogP contribution < -0.4 is 0 Å². The van der Waals surface area contributed by atoms with Crippen molar-refractivity contribution in [2.24, 2.45) is 9.98 Å². The molecule has 3 aromatic rings. The molecule has 0 spiro atoms. The van der Waals surface area contributed by atoms with E-state index >= 15 is 0 Å². The van der Waals surface area contributed by atoms with Gasteiger partial charge < -0.3 is 0 Å². The summed E-state index contributed by atoms with van der Waals surface area (Å²) < 4.78 is 0. The molecule has 3 rings (SSSR count). The molecule has 0 aliphatic carbocycles. The number of halogens is 2. The third-order valence-corrected chi connectivity index (χ3v) is 6.73. The molecule has 39 heavy (non-hydrogen) atoms. The van der Waals surface area contributed by atoms with E-state index in [-0.39, 0.29) is 13.1 Å². The molecule has 0 aliphatic rings. The summed E-state index contributed by atoms with van der Waals surface area (Å²) in [4.78, 5) is 15.3. The van der Waals surface area contributed by atoms with Crippen LogP contribution in [0, 0.1) is 0 Å². The molecule has 0 N–H and O–H groups in total. The van der Waals surface area contributed by atoms with Gasteiger partial charge in [0.25, 0.3) is 0 Å². The van der Waals surface area contributed by atoms with Gasteiger partial charge in [-0.05, 0) is 71.9 Å². The summed E-state index contributed by atoms with van der Waals surface area (Å²) in [7, 11) is 9.59. The predicted molar refractivity (Wildman–Crippen MR) is 169 cm³/mol. The second-order valence-electron chi connectivity index (χ2n) is 11.0. The zero-order valence-electron chi connectivity index (χ0n) is 25.0. The SMILES string of the molecule is CC(=Nc1c(C(C)C)cccc1C(C)C)c1cccc(C(C)=Nc2c(C(C)C)cccc2C(C)C)n1.[Cl][Mn][Cl]. The van der Waals surface area contributed by atoms with E-state index in [1.165, 1.54) is 22.3 Å². The van der Waals surface area contributed by atoms with E-state index in [9.17, 15) is 0 Å². The second kappa shape index (κ2) is 15.7. The number of rotatable bonds is 8. The molecule has 1 heterocycles. The minimum atomic E-state index is 0.00694. The van der Waals surface area contributed by atoms with Crippen molar-refractivity contribution in [3.05, 3.63) is 88.2 Å². The Morgan fingerprint density at radius 1 is 0.564 bits per heavy atom. The maximum absolute atomic E-state index is 5.15. The van der Waals surface area contributed by atoms with E-state index in [1.807, 2.05) is 12.1 Å². The van der Waals surface area contributed by atoms with E-state index in [1.54, 1.807) is 0 Å². The Morgan fingerprint density at radius 2 is 0.821 bits per heavy atom. The standard InChI is InChI=1S/C33H43N3.2ClH.Mn/c1-20(2)26-14-11-15-27(21(3)4)32(26)34-24(9)30-18-13-19-31(36-30)25(10)35-33-28(22(5)6)16-12-17-29(33)23(7)8;;;/h11-23H,1-10H3;2*1H;/q;;;+2/p-2. The molecule has 6 heteroatoms. The fourth-order valence-electron chi connectivity index (χ4n) is 4.57. The van der Waals surface area contributed by atoms with Gasteiger partial charge >= 0.3 is 33.3 Å². The molecule has 0 saturated heterocycles. The zero-order chi connectivity index (χ0) is 29.3. The van der Waals surface area contributed by atoms with E-state index in [2.05, 4.69) is 112 Å². The molecule has 0 bridgehead atoms. The topological polar surface area (TPSA) is 37.6 Å². The van der Waals surface area contributed by atoms with Gasteiger partial charge in [-0.2, -0.15) is 0 Å². The Kier molecular flexibility index (Phi) is 13.4. The fraction of sp³-hybridized carbons (Fsp3) is 0.424. The molecule has 0 saturated carbocycles.